The molecule has 0 aliphatic carbocycles. The van der Waals surface area contributed by atoms with E-state index < -0.39 is 6.03 Å². The van der Waals surface area contributed by atoms with E-state index in [4.69, 9.17) is 9.15 Å². The third-order valence-electron chi connectivity index (χ3n) is 4.67. The molecule has 1 aromatic heterocycles. The second-order valence-corrected chi connectivity index (χ2v) is 7.42. The van der Waals surface area contributed by atoms with Crippen LogP contribution in [0, 0.1) is 6.92 Å². The molecule has 8 heteroatoms. The first-order valence-electron chi connectivity index (χ1n) is 9.43. The van der Waals surface area contributed by atoms with Crippen molar-refractivity contribution in [3.63, 3.8) is 0 Å². The fraction of sp³-hybridized carbons (Fsp3) is 0.0870. The molecule has 0 radical (unpaired) electrons. The number of benzene rings is 3. The molecule has 0 atom stereocenters. The van der Waals surface area contributed by atoms with E-state index in [1.165, 1.54) is 0 Å². The summed E-state index contributed by atoms with van der Waals surface area (Å²) in [7, 11) is 1.55. The lowest BCUT2D eigenvalue weighted by molar-refractivity contribution is 0.108. The van der Waals surface area contributed by atoms with Crippen LogP contribution in [0.4, 0.5) is 10.5 Å². The Hall–Kier alpha value is -3.78. The molecule has 4 rings (SSSR count). The summed E-state index contributed by atoms with van der Waals surface area (Å²) in [5.74, 6) is 1.13. The molecule has 2 N–H and O–H groups in total. The van der Waals surface area contributed by atoms with Gasteiger partial charge in [-0.15, -0.1) is 0 Å². The number of nitrogens with zero attached hydrogens (tertiary/aromatic N) is 1. The molecule has 156 valence electrons. The van der Waals surface area contributed by atoms with Crippen LogP contribution in [0.1, 0.15) is 15.9 Å². The second-order valence-electron chi connectivity index (χ2n) is 6.64. The topological polar surface area (TPSA) is 93.5 Å². The molecule has 0 fully saturated rings. The Morgan fingerprint density at radius 2 is 1.77 bits per heavy atom. The number of methoxy groups -OCH3 is 1. The van der Waals surface area contributed by atoms with Gasteiger partial charge in [-0.25, -0.2) is 9.78 Å². The summed E-state index contributed by atoms with van der Waals surface area (Å²) in [5, 5.41) is 2.48. The number of aromatic nitrogens is 1. The molecular formula is C23H19N3O4S. The largest absolute Gasteiger partial charge is 0.497 e. The number of carbonyl (C=O) groups excluding carboxylic acids is 2. The summed E-state index contributed by atoms with van der Waals surface area (Å²) in [6, 6.07) is 19.1. The van der Waals surface area contributed by atoms with Crippen LogP contribution in [0.25, 0.3) is 22.6 Å². The van der Waals surface area contributed by atoms with Gasteiger partial charge in [0.15, 0.2) is 5.58 Å². The van der Waals surface area contributed by atoms with Crippen LogP contribution >= 0.6 is 11.9 Å². The molecule has 0 bridgehead atoms. The third kappa shape index (κ3) is 4.54. The number of hydrogen-bond donors (Lipinski definition) is 2. The first-order valence-corrected chi connectivity index (χ1v) is 10.2. The molecule has 1 heterocycles. The molecule has 0 unspecified atom stereocenters. The van der Waals surface area contributed by atoms with Gasteiger partial charge < -0.3 is 14.5 Å². The molecule has 0 saturated carbocycles. The number of ether oxygens (including phenoxy) is 1. The predicted molar refractivity (Wildman–Crippen MR) is 121 cm³/mol. The zero-order valence-electron chi connectivity index (χ0n) is 16.8. The highest BCUT2D eigenvalue weighted by Crippen LogP contribution is 2.30. The van der Waals surface area contributed by atoms with E-state index >= 15 is 0 Å². The fourth-order valence-corrected chi connectivity index (χ4v) is 3.51. The zero-order chi connectivity index (χ0) is 21.8. The molecule has 0 spiro atoms. The summed E-state index contributed by atoms with van der Waals surface area (Å²) >= 11 is 0.707. The van der Waals surface area contributed by atoms with Crippen molar-refractivity contribution in [2.45, 2.75) is 6.92 Å². The van der Waals surface area contributed by atoms with Crippen LogP contribution in [0.2, 0.25) is 0 Å². The predicted octanol–water partition coefficient (Wildman–Crippen LogP) is 5.42. The van der Waals surface area contributed by atoms with Gasteiger partial charge in [0.2, 0.25) is 11.0 Å². The average molecular weight is 433 g/mol. The van der Waals surface area contributed by atoms with Crippen LogP contribution in [0.5, 0.6) is 5.75 Å². The Morgan fingerprint density at radius 3 is 2.52 bits per heavy atom. The Bertz CT molecular complexity index is 1220. The molecule has 31 heavy (non-hydrogen) atoms. The number of oxazole rings is 1. The molecule has 0 aliphatic heterocycles. The summed E-state index contributed by atoms with van der Waals surface area (Å²) in [6.45, 7) is 1.87. The van der Waals surface area contributed by atoms with Gasteiger partial charge in [-0.3, -0.25) is 9.52 Å². The summed E-state index contributed by atoms with van der Waals surface area (Å²) in [4.78, 5) is 29.1. The van der Waals surface area contributed by atoms with E-state index in [9.17, 15) is 9.59 Å². The number of hydrogen-bond acceptors (Lipinski definition) is 6. The van der Waals surface area contributed by atoms with Crippen molar-refractivity contribution < 1.29 is 18.7 Å². The molecule has 7 nitrogen and oxygen atoms in total. The third-order valence-corrected chi connectivity index (χ3v) is 5.38. The van der Waals surface area contributed by atoms with Gasteiger partial charge in [-0.2, -0.15) is 0 Å². The maximum atomic E-state index is 12.3. The minimum absolute atomic E-state index is 0.283. The lowest BCUT2D eigenvalue weighted by Gasteiger charge is -2.11. The highest BCUT2D eigenvalue weighted by molar-refractivity contribution is 8.12. The van der Waals surface area contributed by atoms with Gasteiger partial charge in [-0.1, -0.05) is 18.2 Å². The monoisotopic (exact) mass is 433 g/mol. The van der Waals surface area contributed by atoms with Crippen LogP contribution in [0.15, 0.2) is 71.1 Å². The van der Waals surface area contributed by atoms with Crippen LogP contribution in [-0.2, 0) is 0 Å². The van der Waals surface area contributed by atoms with Gasteiger partial charge in [0, 0.05) is 28.8 Å². The minimum Gasteiger partial charge on any atom is -0.497 e. The van der Waals surface area contributed by atoms with E-state index in [0.29, 0.717) is 40.4 Å². The quantitative estimate of drug-likeness (QED) is 0.417. The van der Waals surface area contributed by atoms with Crippen molar-refractivity contribution in [1.29, 1.82) is 0 Å². The lowest BCUT2D eigenvalue weighted by atomic mass is 10.1. The van der Waals surface area contributed by atoms with Crippen LogP contribution < -0.4 is 14.8 Å². The molecule has 4 aromatic rings. The number of fused-ring (bicyclic) bond motifs is 1. The smallest absolute Gasteiger partial charge is 0.329 e. The molecule has 0 saturated heterocycles. The van der Waals surface area contributed by atoms with Gasteiger partial charge in [-0.05, 0) is 61.0 Å². The Morgan fingerprint density at radius 1 is 1.00 bits per heavy atom. The van der Waals surface area contributed by atoms with E-state index in [2.05, 4.69) is 15.0 Å². The molecule has 3 aromatic carbocycles. The number of nitrogens with one attached hydrogen (secondary N) is 2. The number of amides is 2. The van der Waals surface area contributed by atoms with Crippen molar-refractivity contribution in [2.75, 3.05) is 12.4 Å². The minimum atomic E-state index is -0.510. The highest BCUT2D eigenvalue weighted by Gasteiger charge is 2.15. The highest BCUT2D eigenvalue weighted by atomic mass is 32.2. The summed E-state index contributed by atoms with van der Waals surface area (Å²) in [5.41, 5.74) is 4.09. The Labute approximate surface area is 182 Å². The van der Waals surface area contributed by atoms with Crippen molar-refractivity contribution in [2.24, 2.45) is 0 Å². The molecule has 2 amide bonds. The first kappa shape index (κ1) is 20.5. The van der Waals surface area contributed by atoms with E-state index in [0.717, 1.165) is 16.6 Å². The lowest BCUT2D eigenvalue weighted by Crippen LogP contribution is -2.24. The fourth-order valence-electron chi connectivity index (χ4n) is 3.02. The number of anilines is 1. The van der Waals surface area contributed by atoms with E-state index in [1.807, 2.05) is 43.3 Å². The van der Waals surface area contributed by atoms with Crippen molar-refractivity contribution in [3.8, 4) is 17.2 Å². The van der Waals surface area contributed by atoms with Crippen molar-refractivity contribution in [1.82, 2.24) is 9.71 Å². The first-order chi connectivity index (χ1) is 15.0. The zero-order valence-corrected chi connectivity index (χ0v) is 17.7. The SMILES string of the molecule is COc1ccc(C(=O)SNC(=O)Nc2cccc(-c3nc4ccccc4o3)c2C)cc1. The van der Waals surface area contributed by atoms with Gasteiger partial charge in [0.25, 0.3) is 0 Å². The van der Waals surface area contributed by atoms with Crippen LogP contribution in [-0.4, -0.2) is 23.2 Å². The average Bonchev–Trinajstić information content (AvgIpc) is 3.23. The standard InChI is InChI=1S/C23H19N3O4S/c1-14-17(21-24-19-7-3-4-9-20(19)30-21)6-5-8-18(14)25-23(28)26-31-22(27)15-10-12-16(29-2)13-11-15/h3-13H,1-2H3,(H2,25,26,28). The summed E-state index contributed by atoms with van der Waals surface area (Å²) < 4.78 is 13.4. The maximum Gasteiger partial charge on any atom is 0.329 e. The maximum absolute atomic E-state index is 12.3. The van der Waals surface area contributed by atoms with Gasteiger partial charge >= 0.3 is 6.03 Å². The Kier molecular flexibility index (Phi) is 5.90. The van der Waals surface area contributed by atoms with Crippen molar-refractivity contribution >= 4 is 39.9 Å². The number of para-hydroxylation sites is 2. The van der Waals surface area contributed by atoms with E-state index in [1.54, 1.807) is 37.4 Å². The van der Waals surface area contributed by atoms with Crippen molar-refractivity contribution in [3.05, 3.63) is 77.9 Å². The Balaban J connectivity index is 1.43. The second kappa shape index (κ2) is 8.93. The molecular weight excluding hydrogens is 414 g/mol. The number of urea groups is 1. The number of rotatable bonds is 4. The van der Waals surface area contributed by atoms with E-state index in [-0.39, 0.29) is 5.12 Å². The van der Waals surface area contributed by atoms with Crippen LogP contribution in [0.3, 0.4) is 0 Å². The van der Waals surface area contributed by atoms with Gasteiger partial charge in [0.05, 0.1) is 7.11 Å². The van der Waals surface area contributed by atoms with Gasteiger partial charge in [0.1, 0.15) is 11.3 Å². The number of carbonyl (C=O) groups is 2. The summed E-state index contributed by atoms with van der Waals surface area (Å²) in [6.07, 6.45) is 0. The molecule has 0 aliphatic rings. The normalized spacial score (nSPS) is 10.6.